The van der Waals surface area contributed by atoms with Crippen LogP contribution in [0.4, 0.5) is 0 Å². The van der Waals surface area contributed by atoms with Crippen LogP contribution >= 0.6 is 0 Å². The van der Waals surface area contributed by atoms with Gasteiger partial charge in [0.15, 0.2) is 0 Å². The number of benzene rings is 8. The maximum absolute atomic E-state index is 11.2. The average molecular weight is 907 g/mol. The van der Waals surface area contributed by atoms with Crippen molar-refractivity contribution < 1.29 is 36.2 Å². The maximum atomic E-state index is 11.2. The quantitative estimate of drug-likeness (QED) is 0.0696. The second kappa shape index (κ2) is 21.1. The number of hydrogen-bond donors (Lipinski definition) is 0. The third-order valence-corrected chi connectivity index (χ3v) is 11.8. The van der Waals surface area contributed by atoms with Gasteiger partial charge in [0.25, 0.3) is 0 Å². The SMILES string of the molecule is O=Cc1ccc(-[c-]2[cH-][c-](-c3ccc(C=O)cc3)[c-](-c3ccccc3)[c-]2-c2ccccc2)cc1.O=Cc1ccc(-c2c[c-](-c3ccc(C=O)cc3)c(-c3ccccc3)c2-c2ccccc2)cc1.[Fe]. The van der Waals surface area contributed by atoms with Crippen molar-refractivity contribution in [2.45, 2.75) is 0 Å². The molecule has 5 heteroatoms. The average Bonchev–Trinajstić information content (AvgIpc) is 4.01. The summed E-state index contributed by atoms with van der Waals surface area (Å²) in [6.07, 6.45) is 3.45. The van der Waals surface area contributed by atoms with E-state index in [-0.39, 0.29) is 17.1 Å². The van der Waals surface area contributed by atoms with E-state index in [0.29, 0.717) is 22.3 Å². The van der Waals surface area contributed by atoms with Crippen LogP contribution in [-0.2, 0) is 17.1 Å². The molecular formula is C62H42FeO4-6. The molecule has 328 valence electrons. The van der Waals surface area contributed by atoms with Crippen LogP contribution in [0.1, 0.15) is 41.4 Å². The zero-order valence-electron chi connectivity index (χ0n) is 36.2. The topological polar surface area (TPSA) is 68.3 Å². The molecule has 0 saturated carbocycles. The van der Waals surface area contributed by atoms with E-state index >= 15 is 0 Å². The molecule has 0 aromatic heterocycles. The molecule has 67 heavy (non-hydrogen) atoms. The standard InChI is InChI=1S/2C31H21O2.Fe/c2*32-20-22-11-15-24(16-12-22)28-19-29(25-17-13-23(21-33)14-18-25)31(27-9-5-2-6-10-27)30(28)26-7-3-1-4-8-26;/h2*1-21H;/q-5;-1;. The molecule has 4 nitrogen and oxygen atoms in total. The van der Waals surface area contributed by atoms with Crippen LogP contribution in [0, 0.1) is 0 Å². The predicted molar refractivity (Wildman–Crippen MR) is 269 cm³/mol. The Balaban J connectivity index is 0.000000179. The summed E-state index contributed by atoms with van der Waals surface area (Å²) in [4.78, 5) is 44.8. The Morgan fingerprint density at radius 2 is 0.672 bits per heavy atom. The molecule has 0 atom stereocenters. The molecule has 0 amide bonds. The van der Waals surface area contributed by atoms with Crippen molar-refractivity contribution in [3.8, 4) is 89.0 Å². The van der Waals surface area contributed by atoms with Crippen molar-refractivity contribution in [1.82, 2.24) is 0 Å². The van der Waals surface area contributed by atoms with Crippen LogP contribution in [0.15, 0.2) is 231 Å². The Morgan fingerprint density at radius 3 is 1.06 bits per heavy atom. The van der Waals surface area contributed by atoms with E-state index in [1.807, 2.05) is 121 Å². The van der Waals surface area contributed by atoms with Crippen molar-refractivity contribution in [3.63, 3.8) is 0 Å². The molecule has 0 saturated heterocycles. The predicted octanol–water partition coefficient (Wildman–Crippen LogP) is 15.4. The van der Waals surface area contributed by atoms with E-state index in [4.69, 9.17) is 0 Å². The van der Waals surface area contributed by atoms with Crippen LogP contribution in [0.5, 0.6) is 0 Å². The van der Waals surface area contributed by atoms with Crippen molar-refractivity contribution in [2.75, 3.05) is 0 Å². The molecule has 0 spiro atoms. The number of aldehydes is 4. The van der Waals surface area contributed by atoms with Crippen molar-refractivity contribution in [3.05, 3.63) is 253 Å². The van der Waals surface area contributed by atoms with Gasteiger partial charge in [0.2, 0.25) is 0 Å². The first-order valence-corrected chi connectivity index (χ1v) is 21.7. The normalized spacial score (nSPS) is 10.5. The minimum atomic E-state index is 0. The van der Waals surface area contributed by atoms with Gasteiger partial charge in [-0.3, -0.25) is 24.7 Å². The van der Waals surface area contributed by atoms with E-state index in [2.05, 4.69) is 109 Å². The zero-order valence-corrected chi connectivity index (χ0v) is 37.3. The fraction of sp³-hybridized carbons (Fsp3) is 0. The summed E-state index contributed by atoms with van der Waals surface area (Å²) in [5.41, 5.74) is 20.3. The third kappa shape index (κ3) is 9.71. The van der Waals surface area contributed by atoms with Gasteiger partial charge in [0.05, 0.1) is 0 Å². The molecule has 0 N–H and O–H groups in total. The van der Waals surface area contributed by atoms with Gasteiger partial charge in [0.1, 0.15) is 25.1 Å². The van der Waals surface area contributed by atoms with Gasteiger partial charge in [-0.15, -0.1) is 23.8 Å². The number of hydrogen-bond acceptors (Lipinski definition) is 4. The number of rotatable bonds is 12. The second-order valence-electron chi connectivity index (χ2n) is 15.9. The minimum absolute atomic E-state index is 0. The summed E-state index contributed by atoms with van der Waals surface area (Å²) in [6.45, 7) is 0. The van der Waals surface area contributed by atoms with Crippen molar-refractivity contribution >= 4 is 25.1 Å². The molecule has 0 fully saturated rings. The van der Waals surface area contributed by atoms with Gasteiger partial charge in [-0.25, -0.2) is 0 Å². The number of carbonyl (C=O) groups is 4. The van der Waals surface area contributed by atoms with E-state index in [1.165, 1.54) is 0 Å². The molecule has 0 heterocycles. The van der Waals surface area contributed by atoms with Gasteiger partial charge in [-0.05, 0) is 5.56 Å². The molecule has 10 aromatic carbocycles. The van der Waals surface area contributed by atoms with E-state index in [1.54, 1.807) is 0 Å². The Bertz CT molecular complexity index is 2800. The van der Waals surface area contributed by atoms with Crippen LogP contribution in [-0.4, -0.2) is 25.1 Å². The smallest absolute Gasteiger partial charge is 0.150 e. The van der Waals surface area contributed by atoms with Crippen molar-refractivity contribution in [2.24, 2.45) is 0 Å². The Hall–Kier alpha value is -8.34. The van der Waals surface area contributed by atoms with Crippen LogP contribution < -0.4 is 0 Å². The van der Waals surface area contributed by atoms with Gasteiger partial charge in [-0.2, -0.15) is 42.0 Å². The van der Waals surface area contributed by atoms with Gasteiger partial charge >= 0.3 is 0 Å². The fourth-order valence-corrected chi connectivity index (χ4v) is 8.61. The summed E-state index contributed by atoms with van der Waals surface area (Å²) in [5, 5.41) is 0. The Morgan fingerprint density at radius 1 is 0.328 bits per heavy atom. The Kier molecular flexibility index (Phi) is 14.2. The van der Waals surface area contributed by atoms with Crippen LogP contribution in [0.2, 0.25) is 0 Å². The second-order valence-corrected chi connectivity index (χ2v) is 15.9. The molecule has 0 unspecified atom stereocenters. The summed E-state index contributed by atoms with van der Waals surface area (Å²) in [7, 11) is 0. The first kappa shape index (κ1) is 45.2. The van der Waals surface area contributed by atoms with E-state index < -0.39 is 0 Å². The molecule has 0 aliphatic rings. The van der Waals surface area contributed by atoms with Crippen LogP contribution in [0.3, 0.4) is 0 Å². The molecule has 0 aliphatic heterocycles. The van der Waals surface area contributed by atoms with Gasteiger partial charge < -0.3 is 51.6 Å². The molecule has 10 aromatic rings. The molecule has 0 bridgehead atoms. The zero-order chi connectivity index (χ0) is 45.2. The fourth-order valence-electron chi connectivity index (χ4n) is 8.61. The molecule has 10 rings (SSSR count). The van der Waals surface area contributed by atoms with Crippen molar-refractivity contribution in [1.29, 1.82) is 0 Å². The Labute approximate surface area is 401 Å². The third-order valence-electron chi connectivity index (χ3n) is 11.8. The van der Waals surface area contributed by atoms with Crippen LogP contribution in [0.25, 0.3) is 89.0 Å². The monoisotopic (exact) mass is 906 g/mol. The molecule has 0 radical (unpaired) electrons. The molecule has 0 aliphatic carbocycles. The minimum Gasteiger partial charge on any atom is -0.533 e. The summed E-state index contributed by atoms with van der Waals surface area (Å²) in [6, 6.07) is 76.8. The first-order chi connectivity index (χ1) is 32.6. The summed E-state index contributed by atoms with van der Waals surface area (Å²) in [5.74, 6) is 0. The largest absolute Gasteiger partial charge is 0.533 e. The first-order valence-electron chi connectivity index (χ1n) is 21.7. The van der Waals surface area contributed by atoms with Gasteiger partial charge in [-0.1, -0.05) is 197 Å². The number of carbonyl (C=O) groups excluding carboxylic acids is 4. The maximum Gasteiger partial charge on any atom is 0.150 e. The van der Waals surface area contributed by atoms with E-state index in [9.17, 15) is 19.2 Å². The van der Waals surface area contributed by atoms with Gasteiger partial charge in [0, 0.05) is 33.8 Å². The summed E-state index contributed by atoms with van der Waals surface area (Å²) < 4.78 is 0. The van der Waals surface area contributed by atoms with E-state index in [0.717, 1.165) is 114 Å². The summed E-state index contributed by atoms with van der Waals surface area (Å²) >= 11 is 0. The molecular weight excluding hydrogens is 865 g/mol.